The molecule has 1 atom stereocenters. The highest BCUT2D eigenvalue weighted by atomic mass is 79.9. The maximum absolute atomic E-state index is 12.1. The van der Waals surface area contributed by atoms with E-state index in [-0.39, 0.29) is 11.8 Å². The van der Waals surface area contributed by atoms with Gasteiger partial charge in [0.05, 0.1) is 18.2 Å². The normalized spacial score (nSPS) is 22.9. The number of hydrogen-bond donors (Lipinski definition) is 0. The van der Waals surface area contributed by atoms with E-state index in [2.05, 4.69) is 21.0 Å². The summed E-state index contributed by atoms with van der Waals surface area (Å²) in [4.78, 5) is 12.1. The van der Waals surface area contributed by atoms with E-state index in [0.717, 1.165) is 27.3 Å². The predicted octanol–water partition coefficient (Wildman–Crippen LogP) is 2.51. The zero-order chi connectivity index (χ0) is 11.8. The summed E-state index contributed by atoms with van der Waals surface area (Å²) in [6.45, 7) is 0.572. The molecule has 1 amide bonds. The smallest absolute Gasteiger partial charge is 0.252 e. The second kappa shape index (κ2) is 4.46. The Morgan fingerprint density at radius 1 is 1.53 bits per heavy atom. The van der Waals surface area contributed by atoms with Gasteiger partial charge in [0.1, 0.15) is 0 Å². The third-order valence-corrected chi connectivity index (χ3v) is 4.52. The maximum atomic E-state index is 12.1. The van der Waals surface area contributed by atoms with Crippen LogP contribution in [0.4, 0.5) is 0 Å². The van der Waals surface area contributed by atoms with Gasteiger partial charge in [-0.3, -0.25) is 4.79 Å². The minimum Gasteiger partial charge on any atom is -0.272 e. The number of carbonyl (C=O) groups is 1. The number of benzene rings is 1. The molecular formula is C12H11BrN2OS. The molecule has 1 fully saturated rings. The second-order valence-corrected chi connectivity index (χ2v) is 6.13. The average molecular weight is 311 g/mol. The van der Waals surface area contributed by atoms with E-state index in [9.17, 15) is 4.79 Å². The van der Waals surface area contributed by atoms with Gasteiger partial charge in [0.2, 0.25) is 0 Å². The van der Waals surface area contributed by atoms with Gasteiger partial charge in [-0.05, 0) is 17.7 Å². The predicted molar refractivity (Wildman–Crippen MR) is 72.9 cm³/mol. The minimum absolute atomic E-state index is 0.0483. The SMILES string of the molecule is O=C1C2CSCC2=NN1Cc1cccc(Br)c1. The number of hydrazone groups is 1. The highest BCUT2D eigenvalue weighted by molar-refractivity contribution is 9.10. The van der Waals surface area contributed by atoms with Crippen molar-refractivity contribution < 1.29 is 4.79 Å². The average Bonchev–Trinajstić information content (AvgIpc) is 2.84. The number of halogens is 1. The highest BCUT2D eigenvalue weighted by Crippen LogP contribution is 2.29. The molecule has 1 aromatic rings. The van der Waals surface area contributed by atoms with Crippen molar-refractivity contribution >= 4 is 39.3 Å². The molecule has 5 heteroatoms. The fourth-order valence-corrected chi connectivity index (χ4v) is 3.70. The first-order chi connectivity index (χ1) is 8.24. The largest absolute Gasteiger partial charge is 0.272 e. The Labute approximate surface area is 112 Å². The molecule has 0 aromatic heterocycles. The molecule has 0 spiro atoms. The quantitative estimate of drug-likeness (QED) is 0.841. The van der Waals surface area contributed by atoms with Gasteiger partial charge in [-0.1, -0.05) is 28.1 Å². The van der Waals surface area contributed by atoms with Gasteiger partial charge in [-0.25, -0.2) is 5.01 Å². The Bertz CT molecular complexity index is 503. The Hall–Kier alpha value is -0.810. The van der Waals surface area contributed by atoms with E-state index >= 15 is 0 Å². The lowest BCUT2D eigenvalue weighted by atomic mass is 10.1. The molecule has 0 N–H and O–H groups in total. The van der Waals surface area contributed by atoms with Crippen LogP contribution in [-0.2, 0) is 11.3 Å². The molecule has 1 saturated heterocycles. The van der Waals surface area contributed by atoms with Crippen LogP contribution in [0.15, 0.2) is 33.8 Å². The summed E-state index contributed by atoms with van der Waals surface area (Å²) < 4.78 is 1.03. The van der Waals surface area contributed by atoms with Gasteiger partial charge in [-0.15, -0.1) is 0 Å². The van der Waals surface area contributed by atoms with Crippen molar-refractivity contribution in [3.05, 3.63) is 34.3 Å². The van der Waals surface area contributed by atoms with Crippen molar-refractivity contribution in [3.8, 4) is 0 Å². The van der Waals surface area contributed by atoms with Crippen LogP contribution in [0.1, 0.15) is 5.56 Å². The van der Waals surface area contributed by atoms with Crippen LogP contribution < -0.4 is 0 Å². The summed E-state index contributed by atoms with van der Waals surface area (Å²) in [5.74, 6) is 2.01. The van der Waals surface area contributed by atoms with Crippen LogP contribution in [-0.4, -0.2) is 28.1 Å². The van der Waals surface area contributed by atoms with E-state index < -0.39 is 0 Å². The van der Waals surface area contributed by atoms with Crippen LogP contribution in [0.2, 0.25) is 0 Å². The summed E-state index contributed by atoms with van der Waals surface area (Å²) in [5.41, 5.74) is 2.15. The molecule has 0 saturated carbocycles. The molecule has 88 valence electrons. The van der Waals surface area contributed by atoms with Crippen molar-refractivity contribution in [1.29, 1.82) is 0 Å². The molecule has 0 aliphatic carbocycles. The molecule has 0 bridgehead atoms. The number of amides is 1. The standard InChI is InChI=1S/C12H11BrN2OS/c13-9-3-1-2-8(4-9)5-15-12(16)10-6-17-7-11(10)14-15/h1-4,10H,5-7H2. The van der Waals surface area contributed by atoms with E-state index in [1.165, 1.54) is 0 Å². The summed E-state index contributed by atoms with van der Waals surface area (Å²) in [5, 5.41) is 6.03. The lowest BCUT2D eigenvalue weighted by molar-refractivity contribution is -0.131. The Morgan fingerprint density at radius 3 is 3.18 bits per heavy atom. The van der Waals surface area contributed by atoms with Gasteiger partial charge >= 0.3 is 0 Å². The van der Waals surface area contributed by atoms with Crippen LogP contribution in [0.5, 0.6) is 0 Å². The van der Waals surface area contributed by atoms with Crippen molar-refractivity contribution in [2.45, 2.75) is 6.54 Å². The minimum atomic E-state index is 0.0483. The Morgan fingerprint density at radius 2 is 2.41 bits per heavy atom. The van der Waals surface area contributed by atoms with Gasteiger partial charge in [0.15, 0.2) is 0 Å². The van der Waals surface area contributed by atoms with E-state index in [0.29, 0.717) is 6.54 Å². The number of carbonyl (C=O) groups excluding carboxylic acids is 1. The molecule has 0 radical (unpaired) electrons. The number of nitrogens with zero attached hydrogens (tertiary/aromatic N) is 2. The Kier molecular flexibility index (Phi) is 2.96. The van der Waals surface area contributed by atoms with Crippen LogP contribution in [0.3, 0.4) is 0 Å². The van der Waals surface area contributed by atoms with Gasteiger partial charge < -0.3 is 0 Å². The molecule has 2 aliphatic heterocycles. The number of thioether (sulfide) groups is 1. The van der Waals surface area contributed by atoms with E-state index in [1.807, 2.05) is 24.3 Å². The van der Waals surface area contributed by atoms with Crippen molar-refractivity contribution in [1.82, 2.24) is 5.01 Å². The van der Waals surface area contributed by atoms with Crippen LogP contribution in [0.25, 0.3) is 0 Å². The van der Waals surface area contributed by atoms with Gasteiger partial charge in [-0.2, -0.15) is 16.9 Å². The Balaban J connectivity index is 1.79. The molecule has 1 unspecified atom stereocenters. The third-order valence-electron chi connectivity index (χ3n) is 2.96. The number of hydrogen-bond acceptors (Lipinski definition) is 3. The van der Waals surface area contributed by atoms with Crippen molar-refractivity contribution in [2.75, 3.05) is 11.5 Å². The van der Waals surface area contributed by atoms with Crippen LogP contribution >= 0.6 is 27.7 Å². The summed E-state index contributed by atoms with van der Waals surface area (Å²) >= 11 is 5.23. The van der Waals surface area contributed by atoms with E-state index in [4.69, 9.17) is 0 Å². The fourth-order valence-electron chi connectivity index (χ4n) is 2.10. The first kappa shape index (κ1) is 11.3. The monoisotopic (exact) mass is 310 g/mol. The molecular weight excluding hydrogens is 300 g/mol. The van der Waals surface area contributed by atoms with Crippen molar-refractivity contribution in [2.24, 2.45) is 11.0 Å². The molecule has 3 nitrogen and oxygen atoms in total. The molecule has 17 heavy (non-hydrogen) atoms. The topological polar surface area (TPSA) is 32.7 Å². The lowest BCUT2D eigenvalue weighted by Crippen LogP contribution is -2.27. The van der Waals surface area contributed by atoms with Crippen molar-refractivity contribution in [3.63, 3.8) is 0 Å². The summed E-state index contributed by atoms with van der Waals surface area (Å²) in [6.07, 6.45) is 0. The zero-order valence-corrected chi connectivity index (χ0v) is 11.5. The highest BCUT2D eigenvalue weighted by Gasteiger charge is 2.38. The second-order valence-electron chi connectivity index (χ2n) is 4.18. The summed E-state index contributed by atoms with van der Waals surface area (Å²) in [7, 11) is 0. The zero-order valence-electron chi connectivity index (χ0n) is 9.10. The lowest BCUT2D eigenvalue weighted by Gasteiger charge is -2.13. The third kappa shape index (κ3) is 2.13. The number of rotatable bonds is 2. The van der Waals surface area contributed by atoms with Gasteiger partial charge in [0.25, 0.3) is 5.91 Å². The summed E-state index contributed by atoms with van der Waals surface area (Å²) in [6, 6.07) is 7.99. The molecule has 3 rings (SSSR count). The number of fused-ring (bicyclic) bond motifs is 1. The first-order valence-corrected chi connectivity index (χ1v) is 7.40. The fraction of sp³-hybridized carbons (Fsp3) is 0.333. The van der Waals surface area contributed by atoms with Crippen LogP contribution in [0, 0.1) is 5.92 Å². The molecule has 1 aromatic carbocycles. The maximum Gasteiger partial charge on any atom is 0.252 e. The molecule has 2 aliphatic rings. The van der Waals surface area contributed by atoms with Gasteiger partial charge in [0, 0.05) is 16.0 Å². The molecule has 2 heterocycles. The first-order valence-electron chi connectivity index (χ1n) is 5.45. The van der Waals surface area contributed by atoms with E-state index in [1.54, 1.807) is 16.8 Å².